The van der Waals surface area contributed by atoms with Crippen molar-refractivity contribution < 1.29 is 18.7 Å². The first-order chi connectivity index (χ1) is 9.40. The van der Waals surface area contributed by atoms with E-state index in [-0.39, 0.29) is 5.75 Å². The van der Waals surface area contributed by atoms with E-state index in [0.717, 1.165) is 17.0 Å². The van der Waals surface area contributed by atoms with Gasteiger partial charge < -0.3 is 15.7 Å². The number of amides is 1. The molecule has 0 fully saturated rings. The fourth-order valence-corrected chi connectivity index (χ4v) is 1.74. The second kappa shape index (κ2) is 5.16. The van der Waals surface area contributed by atoms with Crippen LogP contribution in [0.25, 0.3) is 0 Å². The molecule has 0 unspecified atom stereocenters. The Morgan fingerprint density at radius 2 is 1.80 bits per heavy atom. The maximum atomic E-state index is 13.8. The maximum Gasteiger partial charge on any atom is 0.261 e. The van der Waals surface area contributed by atoms with Gasteiger partial charge in [0, 0.05) is 12.7 Å². The van der Waals surface area contributed by atoms with Gasteiger partial charge in [-0.2, -0.15) is 0 Å². The highest BCUT2D eigenvalue weighted by Crippen LogP contribution is 2.23. The van der Waals surface area contributed by atoms with Crippen molar-refractivity contribution >= 4 is 17.3 Å². The molecule has 0 aliphatic heterocycles. The number of nitrogens with zero attached hydrogens (tertiary/aromatic N) is 1. The van der Waals surface area contributed by atoms with E-state index >= 15 is 0 Å². The predicted molar refractivity (Wildman–Crippen MR) is 71.6 cm³/mol. The zero-order chi connectivity index (χ0) is 14.9. The molecule has 0 saturated heterocycles. The van der Waals surface area contributed by atoms with Crippen LogP contribution in [0.2, 0.25) is 0 Å². The number of phenolic OH excluding ortho intramolecular Hbond substituents is 1. The number of halogens is 2. The monoisotopic (exact) mass is 278 g/mol. The van der Waals surface area contributed by atoms with Crippen molar-refractivity contribution in [3.63, 3.8) is 0 Å². The van der Waals surface area contributed by atoms with Crippen molar-refractivity contribution in [1.29, 1.82) is 0 Å². The fourth-order valence-electron chi connectivity index (χ4n) is 1.74. The van der Waals surface area contributed by atoms with E-state index < -0.39 is 28.8 Å². The molecule has 3 N–H and O–H groups in total. The van der Waals surface area contributed by atoms with E-state index in [1.165, 1.54) is 31.3 Å². The summed E-state index contributed by atoms with van der Waals surface area (Å²) in [5.74, 6) is -2.44. The number of hydrogen-bond acceptors (Lipinski definition) is 3. The summed E-state index contributed by atoms with van der Waals surface area (Å²) in [6, 6.07) is 7.34. The summed E-state index contributed by atoms with van der Waals surface area (Å²) in [4.78, 5) is 13.3. The standard InChI is InChI=1S/C14H12F2N2O2/c1-18(9-2-4-10(19)5-3-9)14(20)11-6-8(15)7-12(17)13(11)16/h2-7,19H,17H2,1H3. The number of hydrogen-bond donors (Lipinski definition) is 2. The highest BCUT2D eigenvalue weighted by atomic mass is 19.1. The summed E-state index contributed by atoms with van der Waals surface area (Å²) in [5, 5.41) is 9.18. The molecule has 2 aromatic rings. The fraction of sp³-hybridized carbons (Fsp3) is 0.0714. The molecule has 6 heteroatoms. The molecule has 0 aromatic heterocycles. The minimum atomic E-state index is -0.956. The molecule has 0 aliphatic rings. The van der Waals surface area contributed by atoms with Gasteiger partial charge in [0.05, 0.1) is 11.3 Å². The van der Waals surface area contributed by atoms with Gasteiger partial charge in [0.15, 0.2) is 5.82 Å². The van der Waals surface area contributed by atoms with Gasteiger partial charge in [-0.15, -0.1) is 0 Å². The number of rotatable bonds is 2. The van der Waals surface area contributed by atoms with Crippen molar-refractivity contribution in [1.82, 2.24) is 0 Å². The first kappa shape index (κ1) is 13.8. The summed E-state index contributed by atoms with van der Waals surface area (Å²) in [5.41, 5.74) is 4.86. The number of carbonyl (C=O) groups excluding carboxylic acids is 1. The van der Waals surface area contributed by atoms with Gasteiger partial charge in [-0.1, -0.05) is 0 Å². The van der Waals surface area contributed by atoms with E-state index in [1.54, 1.807) is 0 Å². The molecule has 0 radical (unpaired) electrons. The number of phenols is 1. The highest BCUT2D eigenvalue weighted by molar-refractivity contribution is 6.06. The molecule has 2 aromatic carbocycles. The Morgan fingerprint density at radius 3 is 2.40 bits per heavy atom. The maximum absolute atomic E-state index is 13.8. The summed E-state index contributed by atoms with van der Waals surface area (Å²) >= 11 is 0. The lowest BCUT2D eigenvalue weighted by Crippen LogP contribution is -2.27. The van der Waals surface area contributed by atoms with Crippen molar-refractivity contribution in [2.75, 3.05) is 17.7 Å². The molecule has 2 rings (SSSR count). The third-order valence-corrected chi connectivity index (χ3v) is 2.84. The van der Waals surface area contributed by atoms with E-state index in [9.17, 15) is 18.7 Å². The molecule has 0 saturated carbocycles. The summed E-state index contributed by atoms with van der Waals surface area (Å²) in [7, 11) is 1.41. The van der Waals surface area contributed by atoms with E-state index in [1.807, 2.05) is 0 Å². The molecule has 0 spiro atoms. The van der Waals surface area contributed by atoms with Gasteiger partial charge in [0.1, 0.15) is 11.6 Å². The Kier molecular flexibility index (Phi) is 3.56. The molecule has 0 aliphatic carbocycles. The zero-order valence-corrected chi connectivity index (χ0v) is 10.6. The summed E-state index contributed by atoms with van der Waals surface area (Å²) in [6.07, 6.45) is 0. The van der Waals surface area contributed by atoms with E-state index in [4.69, 9.17) is 5.73 Å². The molecule has 0 heterocycles. The number of aromatic hydroxyl groups is 1. The second-order valence-electron chi connectivity index (χ2n) is 4.24. The molecule has 104 valence electrons. The van der Waals surface area contributed by atoms with Crippen LogP contribution in [-0.4, -0.2) is 18.1 Å². The number of carbonyl (C=O) groups is 1. The van der Waals surface area contributed by atoms with Crippen LogP contribution in [0.15, 0.2) is 36.4 Å². The number of anilines is 2. The van der Waals surface area contributed by atoms with Gasteiger partial charge in [-0.3, -0.25) is 4.79 Å². The molecule has 0 bridgehead atoms. The Bertz CT molecular complexity index is 657. The zero-order valence-electron chi connectivity index (χ0n) is 10.6. The van der Waals surface area contributed by atoms with Crippen LogP contribution in [0.4, 0.5) is 20.2 Å². The van der Waals surface area contributed by atoms with Crippen LogP contribution in [0.5, 0.6) is 5.75 Å². The molecule has 4 nitrogen and oxygen atoms in total. The van der Waals surface area contributed by atoms with Crippen molar-refractivity contribution in [2.45, 2.75) is 0 Å². The van der Waals surface area contributed by atoms with Gasteiger partial charge >= 0.3 is 0 Å². The van der Waals surface area contributed by atoms with Gasteiger partial charge in [0.2, 0.25) is 0 Å². The van der Waals surface area contributed by atoms with E-state index in [2.05, 4.69) is 0 Å². The predicted octanol–water partition coefficient (Wildman–Crippen LogP) is 2.53. The smallest absolute Gasteiger partial charge is 0.261 e. The van der Waals surface area contributed by atoms with Crippen LogP contribution in [0.3, 0.4) is 0 Å². The SMILES string of the molecule is CN(C(=O)c1cc(F)cc(N)c1F)c1ccc(O)cc1. The third-order valence-electron chi connectivity index (χ3n) is 2.84. The first-order valence-corrected chi connectivity index (χ1v) is 5.71. The van der Waals surface area contributed by atoms with Gasteiger partial charge in [-0.25, -0.2) is 8.78 Å². The van der Waals surface area contributed by atoms with Crippen LogP contribution in [0.1, 0.15) is 10.4 Å². The molecule has 20 heavy (non-hydrogen) atoms. The summed E-state index contributed by atoms with van der Waals surface area (Å²) < 4.78 is 27.0. The number of nitrogen functional groups attached to an aromatic ring is 1. The first-order valence-electron chi connectivity index (χ1n) is 5.71. The number of nitrogens with two attached hydrogens (primary N) is 1. The Balaban J connectivity index is 2.38. The quantitative estimate of drug-likeness (QED) is 0.829. The Hall–Kier alpha value is -2.63. The van der Waals surface area contributed by atoms with Crippen molar-refractivity contribution in [3.8, 4) is 5.75 Å². The minimum Gasteiger partial charge on any atom is -0.508 e. The average Bonchev–Trinajstić information content (AvgIpc) is 2.42. The van der Waals surface area contributed by atoms with Crippen LogP contribution < -0.4 is 10.6 Å². The summed E-state index contributed by atoms with van der Waals surface area (Å²) in [6.45, 7) is 0. The van der Waals surface area contributed by atoms with Crippen molar-refractivity contribution in [2.24, 2.45) is 0 Å². The van der Waals surface area contributed by atoms with Crippen LogP contribution >= 0.6 is 0 Å². The lowest BCUT2D eigenvalue weighted by atomic mass is 10.1. The lowest BCUT2D eigenvalue weighted by molar-refractivity contribution is 0.0988. The van der Waals surface area contributed by atoms with Crippen LogP contribution in [0, 0.1) is 11.6 Å². The topological polar surface area (TPSA) is 66.6 Å². The highest BCUT2D eigenvalue weighted by Gasteiger charge is 2.20. The van der Waals surface area contributed by atoms with Crippen molar-refractivity contribution in [3.05, 3.63) is 53.6 Å². The molecular formula is C14H12F2N2O2. The molecule has 0 atom stereocenters. The van der Waals surface area contributed by atoms with E-state index in [0.29, 0.717) is 5.69 Å². The third kappa shape index (κ3) is 2.54. The van der Waals surface area contributed by atoms with Crippen LogP contribution in [-0.2, 0) is 0 Å². The Labute approximate surface area is 114 Å². The molecule has 1 amide bonds. The minimum absolute atomic E-state index is 0.0378. The average molecular weight is 278 g/mol. The Morgan fingerprint density at radius 1 is 1.20 bits per heavy atom. The van der Waals surface area contributed by atoms with Gasteiger partial charge in [0.25, 0.3) is 5.91 Å². The largest absolute Gasteiger partial charge is 0.508 e. The van der Waals surface area contributed by atoms with Gasteiger partial charge in [-0.05, 0) is 36.4 Å². The normalized spacial score (nSPS) is 10.3. The molecular weight excluding hydrogens is 266 g/mol. The second-order valence-corrected chi connectivity index (χ2v) is 4.24. The number of benzene rings is 2. The lowest BCUT2D eigenvalue weighted by Gasteiger charge is -2.18.